The molecule has 0 aliphatic rings. The molecule has 0 fully saturated rings. The van der Waals surface area contributed by atoms with Crippen molar-refractivity contribution in [1.29, 1.82) is 0 Å². The van der Waals surface area contributed by atoms with E-state index in [4.69, 9.17) is 4.74 Å². The SMILES string of the molecule is COc1cccc(CCSC(C)=O)c1. The van der Waals surface area contributed by atoms with Gasteiger partial charge in [-0.25, -0.2) is 0 Å². The van der Waals surface area contributed by atoms with E-state index in [0.29, 0.717) is 0 Å². The molecule has 0 bridgehead atoms. The number of hydrogen-bond donors (Lipinski definition) is 0. The van der Waals surface area contributed by atoms with Crippen LogP contribution in [0, 0.1) is 0 Å². The highest BCUT2D eigenvalue weighted by Gasteiger charge is 1.98. The van der Waals surface area contributed by atoms with E-state index in [-0.39, 0.29) is 5.12 Å². The van der Waals surface area contributed by atoms with Crippen molar-refractivity contribution in [2.75, 3.05) is 12.9 Å². The topological polar surface area (TPSA) is 26.3 Å². The Hall–Kier alpha value is -0.960. The summed E-state index contributed by atoms with van der Waals surface area (Å²) in [5.74, 6) is 1.71. The molecule has 0 saturated heterocycles. The molecule has 14 heavy (non-hydrogen) atoms. The van der Waals surface area contributed by atoms with Gasteiger partial charge in [-0.3, -0.25) is 4.79 Å². The van der Waals surface area contributed by atoms with E-state index in [1.807, 2.05) is 24.3 Å². The fourth-order valence-corrected chi connectivity index (χ4v) is 1.77. The van der Waals surface area contributed by atoms with Crippen molar-refractivity contribution in [3.63, 3.8) is 0 Å². The molecule has 1 aromatic rings. The third-order valence-corrected chi connectivity index (χ3v) is 2.64. The van der Waals surface area contributed by atoms with E-state index in [1.54, 1.807) is 14.0 Å². The lowest BCUT2D eigenvalue weighted by Crippen LogP contribution is -1.92. The molecular formula is C11H14O2S. The van der Waals surface area contributed by atoms with Gasteiger partial charge in [0.2, 0.25) is 0 Å². The largest absolute Gasteiger partial charge is 0.497 e. The fraction of sp³-hybridized carbons (Fsp3) is 0.364. The zero-order chi connectivity index (χ0) is 10.4. The smallest absolute Gasteiger partial charge is 0.185 e. The molecule has 0 heterocycles. The average Bonchev–Trinajstić information content (AvgIpc) is 2.18. The molecular weight excluding hydrogens is 196 g/mol. The summed E-state index contributed by atoms with van der Waals surface area (Å²) < 4.78 is 5.11. The van der Waals surface area contributed by atoms with Crippen molar-refractivity contribution >= 4 is 16.9 Å². The molecule has 1 rings (SSSR count). The van der Waals surface area contributed by atoms with Crippen LogP contribution in [0.1, 0.15) is 12.5 Å². The Labute approximate surface area is 88.7 Å². The number of carbonyl (C=O) groups excluding carboxylic acids is 1. The van der Waals surface area contributed by atoms with Gasteiger partial charge in [-0.15, -0.1) is 0 Å². The molecule has 2 nitrogen and oxygen atoms in total. The number of carbonyl (C=O) groups is 1. The molecule has 1 aromatic carbocycles. The number of rotatable bonds is 4. The lowest BCUT2D eigenvalue weighted by molar-refractivity contribution is -0.109. The number of ether oxygens (including phenoxy) is 1. The molecule has 3 heteroatoms. The summed E-state index contributed by atoms with van der Waals surface area (Å²) in [5.41, 5.74) is 1.21. The third kappa shape index (κ3) is 3.83. The van der Waals surface area contributed by atoms with Gasteiger partial charge in [0.25, 0.3) is 0 Å². The zero-order valence-corrected chi connectivity index (χ0v) is 9.26. The first-order valence-corrected chi connectivity index (χ1v) is 5.47. The van der Waals surface area contributed by atoms with Gasteiger partial charge in [0.1, 0.15) is 5.75 Å². The van der Waals surface area contributed by atoms with E-state index in [0.717, 1.165) is 17.9 Å². The van der Waals surface area contributed by atoms with Gasteiger partial charge in [-0.05, 0) is 24.1 Å². The Kier molecular flexibility index (Phi) is 4.53. The second-order valence-corrected chi connectivity index (χ2v) is 4.21. The van der Waals surface area contributed by atoms with Gasteiger partial charge in [0.05, 0.1) is 7.11 Å². The van der Waals surface area contributed by atoms with Crippen molar-refractivity contribution in [3.8, 4) is 5.75 Å². The maximum atomic E-state index is 10.7. The second-order valence-electron chi connectivity index (χ2n) is 2.94. The van der Waals surface area contributed by atoms with Crippen LogP contribution in [0.5, 0.6) is 5.75 Å². The number of hydrogen-bond acceptors (Lipinski definition) is 3. The molecule has 0 aliphatic heterocycles. The van der Waals surface area contributed by atoms with Gasteiger partial charge in [-0.1, -0.05) is 23.9 Å². The van der Waals surface area contributed by atoms with E-state index in [1.165, 1.54) is 17.3 Å². The maximum absolute atomic E-state index is 10.7. The first-order valence-electron chi connectivity index (χ1n) is 4.48. The summed E-state index contributed by atoms with van der Waals surface area (Å²) in [6, 6.07) is 7.93. The number of aryl methyl sites for hydroxylation is 1. The minimum atomic E-state index is 0.174. The zero-order valence-electron chi connectivity index (χ0n) is 8.45. The van der Waals surface area contributed by atoms with Crippen LogP contribution in [0.2, 0.25) is 0 Å². The molecule has 0 unspecified atom stereocenters. The Morgan fingerprint density at radius 1 is 1.50 bits per heavy atom. The van der Waals surface area contributed by atoms with Crippen molar-refractivity contribution in [1.82, 2.24) is 0 Å². The number of thioether (sulfide) groups is 1. The third-order valence-electron chi connectivity index (χ3n) is 1.83. The first-order chi connectivity index (χ1) is 6.72. The summed E-state index contributed by atoms with van der Waals surface area (Å²) in [5, 5.41) is 0.174. The summed E-state index contributed by atoms with van der Waals surface area (Å²) in [4.78, 5) is 10.7. The molecule has 0 amide bonds. The Bertz CT molecular complexity index is 310. The standard InChI is InChI=1S/C11H14O2S/c1-9(12)14-7-6-10-4-3-5-11(8-10)13-2/h3-5,8H,6-7H2,1-2H3. The van der Waals surface area contributed by atoms with E-state index < -0.39 is 0 Å². The van der Waals surface area contributed by atoms with Crippen LogP contribution in [0.15, 0.2) is 24.3 Å². The van der Waals surface area contributed by atoms with Crippen LogP contribution in [0.25, 0.3) is 0 Å². The van der Waals surface area contributed by atoms with Crippen molar-refractivity contribution in [2.24, 2.45) is 0 Å². The normalized spacial score (nSPS) is 9.86. The highest BCUT2D eigenvalue weighted by atomic mass is 32.2. The minimum Gasteiger partial charge on any atom is -0.497 e. The maximum Gasteiger partial charge on any atom is 0.185 e. The van der Waals surface area contributed by atoms with Gasteiger partial charge < -0.3 is 4.74 Å². The monoisotopic (exact) mass is 210 g/mol. The van der Waals surface area contributed by atoms with Crippen LogP contribution < -0.4 is 4.74 Å². The van der Waals surface area contributed by atoms with Gasteiger partial charge in [-0.2, -0.15) is 0 Å². The average molecular weight is 210 g/mol. The molecule has 0 N–H and O–H groups in total. The Balaban J connectivity index is 2.46. The molecule has 0 saturated carbocycles. The fourth-order valence-electron chi connectivity index (χ4n) is 1.14. The van der Waals surface area contributed by atoms with E-state index in [9.17, 15) is 4.79 Å². The van der Waals surface area contributed by atoms with Crippen LogP contribution in [-0.2, 0) is 11.2 Å². The molecule has 76 valence electrons. The second kappa shape index (κ2) is 5.70. The van der Waals surface area contributed by atoms with Crippen LogP contribution >= 0.6 is 11.8 Å². The number of benzene rings is 1. The molecule has 0 atom stereocenters. The number of methoxy groups -OCH3 is 1. The van der Waals surface area contributed by atoms with Crippen molar-refractivity contribution in [3.05, 3.63) is 29.8 Å². The van der Waals surface area contributed by atoms with Gasteiger partial charge in [0, 0.05) is 12.7 Å². The summed E-state index contributed by atoms with van der Waals surface area (Å²) in [6.07, 6.45) is 0.904. The summed E-state index contributed by atoms with van der Waals surface area (Å²) in [6.45, 7) is 1.59. The van der Waals surface area contributed by atoms with Crippen molar-refractivity contribution in [2.45, 2.75) is 13.3 Å². The van der Waals surface area contributed by atoms with E-state index >= 15 is 0 Å². The van der Waals surface area contributed by atoms with Crippen molar-refractivity contribution < 1.29 is 9.53 Å². The predicted molar refractivity (Wildman–Crippen MR) is 59.8 cm³/mol. The van der Waals surface area contributed by atoms with Gasteiger partial charge in [0.15, 0.2) is 5.12 Å². The summed E-state index contributed by atoms with van der Waals surface area (Å²) >= 11 is 1.36. The Morgan fingerprint density at radius 3 is 2.93 bits per heavy atom. The first kappa shape index (κ1) is 11.1. The Morgan fingerprint density at radius 2 is 2.29 bits per heavy atom. The highest BCUT2D eigenvalue weighted by Crippen LogP contribution is 2.14. The van der Waals surface area contributed by atoms with Gasteiger partial charge >= 0.3 is 0 Å². The predicted octanol–water partition coefficient (Wildman–Crippen LogP) is 2.52. The van der Waals surface area contributed by atoms with Crippen LogP contribution in [0.4, 0.5) is 0 Å². The van der Waals surface area contributed by atoms with E-state index in [2.05, 4.69) is 0 Å². The highest BCUT2D eigenvalue weighted by molar-refractivity contribution is 8.13. The molecule has 0 aromatic heterocycles. The van der Waals surface area contributed by atoms with Crippen LogP contribution in [-0.4, -0.2) is 18.0 Å². The molecule has 0 aliphatic carbocycles. The quantitative estimate of drug-likeness (QED) is 0.764. The lowest BCUT2D eigenvalue weighted by Gasteiger charge is -2.03. The minimum absolute atomic E-state index is 0.174. The lowest BCUT2D eigenvalue weighted by atomic mass is 10.2. The molecule has 0 spiro atoms. The summed E-state index contributed by atoms with van der Waals surface area (Å²) in [7, 11) is 1.66. The molecule has 0 radical (unpaired) electrons. The van der Waals surface area contributed by atoms with Crippen LogP contribution in [0.3, 0.4) is 0 Å².